The molecule has 0 amide bonds. The highest BCUT2D eigenvalue weighted by atomic mass is 16.1. The van der Waals surface area contributed by atoms with E-state index in [1.54, 1.807) is 18.5 Å². The second-order valence-corrected chi connectivity index (χ2v) is 4.94. The number of hydrogen-bond donors (Lipinski definition) is 0. The topological polar surface area (TPSA) is 56.1 Å². The minimum Gasteiger partial charge on any atom is -0.344 e. The zero-order valence-electron chi connectivity index (χ0n) is 10.3. The highest BCUT2D eigenvalue weighted by molar-refractivity contribution is 6.26. The van der Waals surface area contributed by atoms with Gasteiger partial charge in [-0.1, -0.05) is 0 Å². The first kappa shape index (κ1) is 11.1. The van der Waals surface area contributed by atoms with Crippen LogP contribution in [0, 0.1) is 12.8 Å². The van der Waals surface area contributed by atoms with E-state index < -0.39 is 0 Å². The van der Waals surface area contributed by atoms with E-state index in [-0.39, 0.29) is 23.3 Å². The fraction of sp³-hybridized carbons (Fsp3) is 0.357. The maximum atomic E-state index is 12.3. The number of fused-ring (bicyclic) bond motifs is 1. The quantitative estimate of drug-likeness (QED) is 0.745. The molecule has 0 aliphatic heterocycles. The Bertz CT molecular complexity index is 630. The Morgan fingerprint density at radius 2 is 1.83 bits per heavy atom. The van der Waals surface area contributed by atoms with Gasteiger partial charge in [-0.2, -0.15) is 0 Å². The molecule has 1 aromatic rings. The van der Waals surface area contributed by atoms with Crippen molar-refractivity contribution in [1.29, 1.82) is 0 Å². The van der Waals surface area contributed by atoms with Crippen LogP contribution in [0.3, 0.4) is 0 Å². The third-order valence-corrected chi connectivity index (χ3v) is 3.75. The number of aromatic nitrogens is 1. The zero-order valence-corrected chi connectivity index (χ0v) is 10.3. The molecule has 1 aromatic heterocycles. The second kappa shape index (κ2) is 3.51. The van der Waals surface area contributed by atoms with Gasteiger partial charge in [0.15, 0.2) is 11.6 Å². The molecule has 2 aliphatic rings. The molecule has 3 rings (SSSR count). The minimum atomic E-state index is -0.239. The van der Waals surface area contributed by atoms with Gasteiger partial charge >= 0.3 is 0 Å². The van der Waals surface area contributed by atoms with Crippen LogP contribution in [0.5, 0.6) is 0 Å². The van der Waals surface area contributed by atoms with Gasteiger partial charge < -0.3 is 4.57 Å². The third kappa shape index (κ3) is 1.35. The van der Waals surface area contributed by atoms with Crippen molar-refractivity contribution in [2.24, 2.45) is 13.0 Å². The largest absolute Gasteiger partial charge is 0.344 e. The number of rotatable bonds is 2. The van der Waals surface area contributed by atoms with Gasteiger partial charge in [0.2, 0.25) is 5.78 Å². The van der Waals surface area contributed by atoms with E-state index in [0.29, 0.717) is 22.5 Å². The first-order chi connectivity index (χ1) is 8.52. The number of Topliss-reactive ketones (excluding diaryl/α,β-unsaturated/α-hetero) is 1. The van der Waals surface area contributed by atoms with Crippen LogP contribution in [0.15, 0.2) is 12.2 Å². The van der Waals surface area contributed by atoms with Crippen LogP contribution in [0.25, 0.3) is 0 Å². The minimum absolute atomic E-state index is 0.0146. The standard InChI is InChI=1S/C14H13NO3/c1-7-11(14(18)8-3-4-8)12-9(16)5-6-10(17)13(12)15(7)2/h5-6,8H,3-4H2,1-2H3. The number of carbonyl (C=O) groups excluding carboxylic acids is 3. The SMILES string of the molecule is Cc1c(C(=O)C2CC2)c2c(n1C)C(=O)C=CC2=O. The van der Waals surface area contributed by atoms with Gasteiger partial charge in [0.25, 0.3) is 0 Å². The monoisotopic (exact) mass is 243 g/mol. The maximum Gasteiger partial charge on any atom is 0.203 e. The van der Waals surface area contributed by atoms with Crippen LogP contribution in [-0.4, -0.2) is 21.9 Å². The van der Waals surface area contributed by atoms with Gasteiger partial charge in [-0.25, -0.2) is 0 Å². The molecule has 18 heavy (non-hydrogen) atoms. The summed E-state index contributed by atoms with van der Waals surface area (Å²) in [6.45, 7) is 1.79. The van der Waals surface area contributed by atoms with Crippen LogP contribution in [-0.2, 0) is 7.05 Å². The summed E-state index contributed by atoms with van der Waals surface area (Å²) in [6.07, 6.45) is 4.31. The Balaban J connectivity index is 2.27. The summed E-state index contributed by atoms with van der Waals surface area (Å²) >= 11 is 0. The molecule has 0 radical (unpaired) electrons. The smallest absolute Gasteiger partial charge is 0.203 e. The lowest BCUT2D eigenvalue weighted by Crippen LogP contribution is -2.15. The van der Waals surface area contributed by atoms with Crippen molar-refractivity contribution in [3.63, 3.8) is 0 Å². The summed E-state index contributed by atoms with van der Waals surface area (Å²) in [5.74, 6) is -0.382. The summed E-state index contributed by atoms with van der Waals surface area (Å²) in [4.78, 5) is 36.1. The number of carbonyl (C=O) groups is 3. The summed E-state index contributed by atoms with van der Waals surface area (Å²) < 4.78 is 1.66. The number of allylic oxidation sites excluding steroid dienone is 2. The predicted octanol–water partition coefficient (Wildman–Crippen LogP) is 1.86. The lowest BCUT2D eigenvalue weighted by atomic mass is 9.94. The van der Waals surface area contributed by atoms with Crippen molar-refractivity contribution in [3.05, 3.63) is 34.7 Å². The molecule has 1 saturated carbocycles. The normalized spacial score (nSPS) is 18.1. The van der Waals surface area contributed by atoms with Gasteiger partial charge in [0, 0.05) is 18.7 Å². The van der Waals surface area contributed by atoms with E-state index in [0.717, 1.165) is 12.8 Å². The molecule has 0 unspecified atom stereocenters. The van der Waals surface area contributed by atoms with Gasteiger partial charge in [-0.15, -0.1) is 0 Å². The average molecular weight is 243 g/mol. The Morgan fingerprint density at radius 3 is 2.44 bits per heavy atom. The lowest BCUT2D eigenvalue weighted by Gasteiger charge is -2.06. The van der Waals surface area contributed by atoms with Gasteiger partial charge in [-0.05, 0) is 31.9 Å². The van der Waals surface area contributed by atoms with Crippen LogP contribution in [0.1, 0.15) is 49.7 Å². The van der Waals surface area contributed by atoms with E-state index in [2.05, 4.69) is 0 Å². The first-order valence-corrected chi connectivity index (χ1v) is 6.02. The Labute approximate surface area is 104 Å². The van der Waals surface area contributed by atoms with E-state index in [1.807, 2.05) is 0 Å². The zero-order chi connectivity index (χ0) is 13.0. The summed E-state index contributed by atoms with van der Waals surface area (Å²) in [5, 5.41) is 0. The molecule has 0 bridgehead atoms. The van der Waals surface area contributed by atoms with E-state index in [4.69, 9.17) is 0 Å². The Hall–Kier alpha value is -1.97. The Morgan fingerprint density at radius 1 is 1.22 bits per heavy atom. The molecule has 1 heterocycles. The van der Waals surface area contributed by atoms with Gasteiger partial charge in [0.1, 0.15) is 5.69 Å². The van der Waals surface area contributed by atoms with Crippen molar-refractivity contribution in [2.75, 3.05) is 0 Å². The lowest BCUT2D eigenvalue weighted by molar-refractivity contribution is 0.0953. The van der Waals surface area contributed by atoms with E-state index in [1.165, 1.54) is 12.2 Å². The Kier molecular flexibility index (Phi) is 2.17. The summed E-state index contributed by atoms with van der Waals surface area (Å²) in [5.41, 5.74) is 1.82. The first-order valence-electron chi connectivity index (χ1n) is 6.02. The van der Waals surface area contributed by atoms with Crippen LogP contribution in [0.4, 0.5) is 0 Å². The average Bonchev–Trinajstić information content (AvgIpc) is 3.13. The molecular weight excluding hydrogens is 230 g/mol. The molecule has 4 heteroatoms. The summed E-state index contributed by atoms with van der Waals surface area (Å²) in [7, 11) is 1.72. The highest BCUT2D eigenvalue weighted by Crippen LogP contribution is 2.36. The molecule has 0 saturated heterocycles. The van der Waals surface area contributed by atoms with Crippen LogP contribution in [0.2, 0.25) is 0 Å². The molecule has 0 atom stereocenters. The molecule has 0 spiro atoms. The van der Waals surface area contributed by atoms with Gasteiger partial charge in [-0.3, -0.25) is 14.4 Å². The molecular formula is C14H13NO3. The number of hydrogen-bond acceptors (Lipinski definition) is 3. The molecule has 0 N–H and O–H groups in total. The van der Waals surface area contributed by atoms with Crippen molar-refractivity contribution >= 4 is 17.3 Å². The van der Waals surface area contributed by atoms with Crippen molar-refractivity contribution in [1.82, 2.24) is 4.57 Å². The van der Waals surface area contributed by atoms with Crippen molar-refractivity contribution in [3.8, 4) is 0 Å². The van der Waals surface area contributed by atoms with E-state index in [9.17, 15) is 14.4 Å². The van der Waals surface area contributed by atoms with Crippen LogP contribution >= 0.6 is 0 Å². The van der Waals surface area contributed by atoms with Crippen LogP contribution < -0.4 is 0 Å². The molecule has 92 valence electrons. The summed E-state index contributed by atoms with van der Waals surface area (Å²) in [6, 6.07) is 0. The molecule has 0 aromatic carbocycles. The molecule has 1 fully saturated rings. The fourth-order valence-corrected chi connectivity index (χ4v) is 2.50. The fourth-order valence-electron chi connectivity index (χ4n) is 2.50. The molecule has 2 aliphatic carbocycles. The van der Waals surface area contributed by atoms with E-state index >= 15 is 0 Å². The molecule has 4 nitrogen and oxygen atoms in total. The highest BCUT2D eigenvalue weighted by Gasteiger charge is 2.38. The number of nitrogens with zero attached hydrogens (tertiary/aromatic N) is 1. The number of ketones is 3. The maximum absolute atomic E-state index is 12.3. The predicted molar refractivity (Wildman–Crippen MR) is 65.0 cm³/mol. The van der Waals surface area contributed by atoms with Gasteiger partial charge in [0.05, 0.1) is 11.1 Å². The van der Waals surface area contributed by atoms with Crippen molar-refractivity contribution < 1.29 is 14.4 Å². The third-order valence-electron chi connectivity index (χ3n) is 3.75. The van der Waals surface area contributed by atoms with Crippen molar-refractivity contribution in [2.45, 2.75) is 19.8 Å². The second-order valence-electron chi connectivity index (χ2n) is 4.94.